The quantitative estimate of drug-likeness (QED) is 0.811. The second kappa shape index (κ2) is 6.85. The van der Waals surface area contributed by atoms with Crippen LogP contribution in [0.4, 0.5) is 0 Å². The highest BCUT2D eigenvalue weighted by Gasteiger charge is 2.18. The number of hydrogen-bond acceptors (Lipinski definition) is 6. The largest absolute Gasteiger partial charge is 0.445 e. The summed E-state index contributed by atoms with van der Waals surface area (Å²) in [6.07, 6.45) is 3.97. The standard InChI is InChI=1S/C15H19N3O4/c19-11-1-2-12-13(9-11)22-15(17-12)3-4-16-14(20)10-18-5-7-21-8-6-18/h1-2H,3-10H2,(H,16,20). The van der Waals surface area contributed by atoms with Crippen molar-refractivity contribution in [3.8, 4) is 0 Å². The summed E-state index contributed by atoms with van der Waals surface area (Å²) in [5.74, 6) is 1.18. The van der Waals surface area contributed by atoms with Crippen molar-refractivity contribution in [1.82, 2.24) is 15.2 Å². The maximum Gasteiger partial charge on any atom is 0.234 e. The highest BCUT2D eigenvalue weighted by atomic mass is 16.5. The van der Waals surface area contributed by atoms with Crippen LogP contribution < -0.4 is 5.32 Å². The molecule has 2 aliphatic rings. The van der Waals surface area contributed by atoms with Gasteiger partial charge in [-0.3, -0.25) is 14.5 Å². The lowest BCUT2D eigenvalue weighted by molar-refractivity contribution is -0.123. The lowest BCUT2D eigenvalue weighted by Crippen LogP contribution is -2.43. The maximum absolute atomic E-state index is 11.8. The van der Waals surface area contributed by atoms with Gasteiger partial charge in [0.25, 0.3) is 0 Å². The fourth-order valence-electron chi connectivity index (χ4n) is 2.49. The van der Waals surface area contributed by atoms with Crippen LogP contribution in [-0.2, 0) is 27.2 Å². The Balaban J connectivity index is 1.42. The van der Waals surface area contributed by atoms with Crippen LogP contribution in [-0.4, -0.2) is 61.0 Å². The number of amides is 1. The summed E-state index contributed by atoms with van der Waals surface area (Å²) < 4.78 is 10.8. The molecule has 7 nitrogen and oxygen atoms in total. The lowest BCUT2D eigenvalue weighted by atomic mass is 10.1. The first-order chi connectivity index (χ1) is 10.7. The van der Waals surface area contributed by atoms with Crippen molar-refractivity contribution in [2.24, 2.45) is 0 Å². The van der Waals surface area contributed by atoms with E-state index in [4.69, 9.17) is 9.15 Å². The van der Waals surface area contributed by atoms with Crippen molar-refractivity contribution in [3.05, 3.63) is 23.4 Å². The van der Waals surface area contributed by atoms with E-state index in [1.165, 1.54) is 6.08 Å². The number of nitrogens with zero attached hydrogens (tertiary/aromatic N) is 2. The van der Waals surface area contributed by atoms with Crippen LogP contribution >= 0.6 is 0 Å². The first-order valence-corrected chi connectivity index (χ1v) is 7.47. The Labute approximate surface area is 128 Å². The summed E-state index contributed by atoms with van der Waals surface area (Å²) in [6.45, 7) is 3.81. The molecule has 1 N–H and O–H groups in total. The van der Waals surface area contributed by atoms with Crippen LogP contribution in [0.1, 0.15) is 17.3 Å². The van der Waals surface area contributed by atoms with Crippen LogP contribution in [0, 0.1) is 0 Å². The van der Waals surface area contributed by atoms with Gasteiger partial charge in [-0.05, 0) is 12.2 Å². The number of nitrogens with one attached hydrogen (secondary N) is 1. The van der Waals surface area contributed by atoms with Gasteiger partial charge in [-0.25, -0.2) is 4.98 Å². The summed E-state index contributed by atoms with van der Waals surface area (Å²) in [7, 11) is 0. The van der Waals surface area contributed by atoms with Crippen molar-refractivity contribution >= 4 is 17.8 Å². The number of hydrogen-bond donors (Lipinski definition) is 1. The minimum atomic E-state index is -0.00621. The van der Waals surface area contributed by atoms with Crippen LogP contribution in [0.3, 0.4) is 0 Å². The van der Waals surface area contributed by atoms with Gasteiger partial charge in [0.15, 0.2) is 11.7 Å². The van der Waals surface area contributed by atoms with E-state index < -0.39 is 0 Å². The molecule has 0 spiro atoms. The molecule has 0 unspecified atom stereocenters. The fraction of sp³-hybridized carbons (Fsp3) is 0.533. The molecule has 3 rings (SSSR count). The zero-order valence-corrected chi connectivity index (χ0v) is 12.3. The maximum atomic E-state index is 11.8. The number of ketones is 1. The summed E-state index contributed by atoms with van der Waals surface area (Å²) in [6, 6.07) is 0. The molecule has 1 aromatic rings. The fourth-order valence-corrected chi connectivity index (χ4v) is 2.49. The smallest absolute Gasteiger partial charge is 0.234 e. The first-order valence-electron chi connectivity index (χ1n) is 7.47. The zero-order chi connectivity index (χ0) is 15.4. The molecule has 1 aromatic heterocycles. The lowest BCUT2D eigenvalue weighted by Gasteiger charge is -2.25. The zero-order valence-electron chi connectivity index (χ0n) is 12.3. The van der Waals surface area contributed by atoms with Gasteiger partial charge in [0, 0.05) is 26.1 Å². The third kappa shape index (κ3) is 3.80. The predicted molar refractivity (Wildman–Crippen MR) is 78.2 cm³/mol. The molecular weight excluding hydrogens is 286 g/mol. The second-order valence-corrected chi connectivity index (χ2v) is 5.38. The minimum Gasteiger partial charge on any atom is -0.445 e. The van der Waals surface area contributed by atoms with Crippen molar-refractivity contribution in [2.75, 3.05) is 39.4 Å². The Kier molecular flexibility index (Phi) is 4.65. The SMILES string of the molecule is O=C1C=Cc2nc(CCNC(=O)CN3CCOCC3)oc2C1. The monoisotopic (exact) mass is 305 g/mol. The Morgan fingerprint density at radius 3 is 2.95 bits per heavy atom. The molecule has 1 aliphatic heterocycles. The molecule has 1 fully saturated rings. The molecule has 0 bridgehead atoms. The van der Waals surface area contributed by atoms with Gasteiger partial charge in [-0.2, -0.15) is 0 Å². The number of rotatable bonds is 5. The molecule has 0 atom stereocenters. The molecule has 1 amide bonds. The number of oxazole rings is 1. The average Bonchev–Trinajstić information content (AvgIpc) is 2.90. The van der Waals surface area contributed by atoms with Crippen molar-refractivity contribution in [1.29, 1.82) is 0 Å². The van der Waals surface area contributed by atoms with E-state index in [2.05, 4.69) is 15.2 Å². The van der Waals surface area contributed by atoms with E-state index in [1.54, 1.807) is 6.08 Å². The summed E-state index contributed by atoms with van der Waals surface area (Å²) in [4.78, 5) is 29.5. The molecule has 1 saturated heterocycles. The number of morpholine rings is 1. The third-order valence-corrected chi connectivity index (χ3v) is 3.67. The van der Waals surface area contributed by atoms with Gasteiger partial charge in [0.05, 0.1) is 26.2 Å². The highest BCUT2D eigenvalue weighted by molar-refractivity contribution is 5.97. The van der Waals surface area contributed by atoms with Gasteiger partial charge in [0.1, 0.15) is 11.5 Å². The van der Waals surface area contributed by atoms with Crippen molar-refractivity contribution < 1.29 is 18.7 Å². The summed E-state index contributed by atoms with van der Waals surface area (Å²) in [5.41, 5.74) is 0.717. The van der Waals surface area contributed by atoms with Gasteiger partial charge in [-0.1, -0.05) is 0 Å². The Morgan fingerprint density at radius 2 is 2.14 bits per heavy atom. The summed E-state index contributed by atoms with van der Waals surface area (Å²) in [5, 5.41) is 2.86. The number of carbonyl (C=O) groups excluding carboxylic acids is 2. The number of allylic oxidation sites excluding steroid dienone is 1. The Bertz CT molecular complexity index is 588. The molecule has 2 heterocycles. The van der Waals surface area contributed by atoms with Gasteiger partial charge in [-0.15, -0.1) is 0 Å². The van der Waals surface area contributed by atoms with E-state index in [0.717, 1.165) is 13.1 Å². The molecule has 0 aromatic carbocycles. The number of ether oxygens (including phenoxy) is 1. The van der Waals surface area contributed by atoms with Gasteiger partial charge in [0.2, 0.25) is 5.91 Å². The second-order valence-electron chi connectivity index (χ2n) is 5.38. The predicted octanol–water partition coefficient (Wildman–Crippen LogP) is -0.196. The van der Waals surface area contributed by atoms with Gasteiger partial charge < -0.3 is 14.5 Å². The minimum absolute atomic E-state index is 0.00621. The van der Waals surface area contributed by atoms with E-state index in [9.17, 15) is 9.59 Å². The van der Waals surface area contributed by atoms with E-state index >= 15 is 0 Å². The highest BCUT2D eigenvalue weighted by Crippen LogP contribution is 2.18. The van der Waals surface area contributed by atoms with Crippen LogP contribution in [0.2, 0.25) is 0 Å². The normalized spacial score (nSPS) is 18.3. The Morgan fingerprint density at radius 1 is 1.32 bits per heavy atom. The molecule has 1 aliphatic carbocycles. The third-order valence-electron chi connectivity index (χ3n) is 3.67. The van der Waals surface area contributed by atoms with E-state index in [1.807, 2.05) is 0 Å². The van der Waals surface area contributed by atoms with E-state index in [0.29, 0.717) is 50.1 Å². The van der Waals surface area contributed by atoms with Crippen LogP contribution in [0.15, 0.2) is 10.5 Å². The van der Waals surface area contributed by atoms with Crippen molar-refractivity contribution in [2.45, 2.75) is 12.8 Å². The number of fused-ring (bicyclic) bond motifs is 1. The van der Waals surface area contributed by atoms with E-state index in [-0.39, 0.29) is 18.1 Å². The summed E-state index contributed by atoms with van der Waals surface area (Å²) >= 11 is 0. The topological polar surface area (TPSA) is 84.7 Å². The molecule has 0 saturated carbocycles. The van der Waals surface area contributed by atoms with Gasteiger partial charge >= 0.3 is 0 Å². The number of carbonyl (C=O) groups is 2. The molecule has 118 valence electrons. The van der Waals surface area contributed by atoms with Crippen molar-refractivity contribution in [3.63, 3.8) is 0 Å². The molecular formula is C15H19N3O4. The molecule has 0 radical (unpaired) electrons. The Hall–Kier alpha value is -1.99. The average molecular weight is 305 g/mol. The number of aromatic nitrogens is 1. The van der Waals surface area contributed by atoms with Crippen LogP contribution in [0.5, 0.6) is 0 Å². The first kappa shape index (κ1) is 14.9. The molecule has 22 heavy (non-hydrogen) atoms. The van der Waals surface area contributed by atoms with Crippen LogP contribution in [0.25, 0.3) is 6.08 Å². The molecule has 7 heteroatoms.